The van der Waals surface area contributed by atoms with Crippen molar-refractivity contribution >= 4 is 5.97 Å². The summed E-state index contributed by atoms with van der Waals surface area (Å²) >= 11 is 0. The molecule has 1 unspecified atom stereocenters. The van der Waals surface area contributed by atoms with E-state index in [0.717, 1.165) is 12.8 Å². The molecule has 58 heavy (non-hydrogen) atoms. The fourth-order valence-electron chi connectivity index (χ4n) is 9.15. The van der Waals surface area contributed by atoms with Crippen molar-refractivity contribution in [2.75, 3.05) is 35.3 Å². The summed E-state index contributed by atoms with van der Waals surface area (Å²) in [6.07, 6.45) is 0.174. The molecular weight excluding hydrogens is 752 g/mol. The summed E-state index contributed by atoms with van der Waals surface area (Å²) in [5.41, 5.74) is -1.44. The van der Waals surface area contributed by atoms with Crippen LogP contribution in [0.25, 0.3) is 0 Å². The van der Waals surface area contributed by atoms with Crippen molar-refractivity contribution in [3.63, 3.8) is 0 Å². The molecule has 0 aromatic rings. The van der Waals surface area contributed by atoms with E-state index in [-0.39, 0.29) is 43.2 Å². The molecule has 0 aromatic carbocycles. The van der Waals surface area contributed by atoms with Crippen molar-refractivity contribution in [3.8, 4) is 0 Å². The third-order valence-corrected chi connectivity index (χ3v) is 12.5. The molecule has 0 bridgehead atoms. The van der Waals surface area contributed by atoms with Gasteiger partial charge in [0.25, 0.3) is 0 Å². The van der Waals surface area contributed by atoms with Gasteiger partial charge in [-0.3, -0.25) is 4.79 Å². The Kier molecular flexibility index (Phi) is 18.6. The van der Waals surface area contributed by atoms with E-state index in [2.05, 4.69) is 32.8 Å². The van der Waals surface area contributed by atoms with Gasteiger partial charge in [-0.05, 0) is 93.9 Å². The van der Waals surface area contributed by atoms with Gasteiger partial charge >= 0.3 is 5.97 Å². The van der Waals surface area contributed by atoms with Gasteiger partial charge < -0.3 is 68.1 Å². The molecule has 15 heteroatoms. The monoisotopic (exact) mass is 829 g/mol. The standard InChI is InChI=1S/C43H76N2O13/c1-13-29-21-24(2)32(56-34-20-19-30(44(8)9)26(4)53-34)18-16-14-15-17-25(3)52-33(47)22-31(46)40(51-12)39(29)58-42-37(48)36(45(10)11)38(27(5)55-42)57-35-23-43(7,50)41(49)28(6)54-35/h14-16,18,24-32,34-42,46,48-50H,13,17,19-23H2,1-12H3/b15-14-,18-16-/t24-,25-,26-,27-,28+,29+,30+,31-,32+,34?,35+,36-,37-,38-,39+,40+,41+,42+,43-/m1/s1. The molecule has 4 N–H and O–H groups in total. The number of likely N-dealkylation sites (N-methyl/N-ethyl adjacent to an activating group) is 2. The van der Waals surface area contributed by atoms with Crippen molar-refractivity contribution in [2.45, 2.75) is 197 Å². The molecule has 15 nitrogen and oxygen atoms in total. The van der Waals surface area contributed by atoms with E-state index in [1.54, 1.807) is 20.8 Å². The maximum Gasteiger partial charge on any atom is 0.308 e. The van der Waals surface area contributed by atoms with Crippen LogP contribution in [-0.2, 0) is 42.7 Å². The number of carbonyl (C=O) groups is 1. The number of hydrogen-bond donors (Lipinski definition) is 4. The summed E-state index contributed by atoms with van der Waals surface area (Å²) in [4.78, 5) is 17.1. The highest BCUT2D eigenvalue weighted by molar-refractivity contribution is 5.70. The maximum atomic E-state index is 13.1. The molecule has 4 rings (SSSR count). The minimum absolute atomic E-state index is 0.00438. The molecule has 4 heterocycles. The maximum absolute atomic E-state index is 13.1. The second kappa shape index (κ2) is 22.0. The first kappa shape index (κ1) is 49.1. The highest BCUT2D eigenvalue weighted by Gasteiger charge is 2.51. The van der Waals surface area contributed by atoms with Gasteiger partial charge in [0.15, 0.2) is 18.9 Å². The number of allylic oxidation sites excluding steroid dienone is 2. The number of rotatable bonds is 10. The normalized spacial score (nSPS) is 46.5. The van der Waals surface area contributed by atoms with Crippen molar-refractivity contribution in [1.82, 2.24) is 9.80 Å². The molecule has 0 saturated carbocycles. The fourth-order valence-corrected chi connectivity index (χ4v) is 9.15. The summed E-state index contributed by atoms with van der Waals surface area (Å²) in [6, 6.07) is -0.356. The first-order valence-corrected chi connectivity index (χ1v) is 21.4. The highest BCUT2D eigenvalue weighted by atomic mass is 16.7. The van der Waals surface area contributed by atoms with Gasteiger partial charge in [0.2, 0.25) is 0 Å². The van der Waals surface area contributed by atoms with Gasteiger partial charge in [0, 0.05) is 26.0 Å². The molecule has 0 spiro atoms. The Morgan fingerprint density at radius 2 is 1.53 bits per heavy atom. The van der Waals surface area contributed by atoms with E-state index in [9.17, 15) is 25.2 Å². The lowest BCUT2D eigenvalue weighted by molar-refractivity contribution is -0.344. The topological polar surface area (TPSA) is 178 Å². The van der Waals surface area contributed by atoms with Gasteiger partial charge in [-0.2, -0.15) is 0 Å². The van der Waals surface area contributed by atoms with E-state index in [0.29, 0.717) is 25.3 Å². The fraction of sp³-hybridized carbons (Fsp3) is 0.884. The Hall–Kier alpha value is -1.57. The second-order valence-corrected chi connectivity index (χ2v) is 17.8. The predicted octanol–water partition coefficient (Wildman–Crippen LogP) is 3.15. The van der Waals surface area contributed by atoms with Crippen LogP contribution in [0.2, 0.25) is 0 Å². The summed E-state index contributed by atoms with van der Waals surface area (Å²) < 4.78 is 50.4. The zero-order chi connectivity index (χ0) is 43.1. The Bertz CT molecular complexity index is 1320. The van der Waals surface area contributed by atoms with Crippen LogP contribution >= 0.6 is 0 Å². The van der Waals surface area contributed by atoms with Gasteiger partial charge in [-0.1, -0.05) is 44.6 Å². The molecule has 0 aliphatic carbocycles. The van der Waals surface area contributed by atoms with Crippen molar-refractivity contribution in [1.29, 1.82) is 0 Å². The Balaban J connectivity index is 1.63. The first-order valence-electron chi connectivity index (χ1n) is 21.4. The lowest BCUT2D eigenvalue weighted by Gasteiger charge is -2.50. The number of ether oxygens (including phenoxy) is 8. The van der Waals surface area contributed by atoms with E-state index < -0.39 is 85.1 Å². The van der Waals surface area contributed by atoms with Crippen LogP contribution in [0.3, 0.4) is 0 Å². The Morgan fingerprint density at radius 3 is 2.14 bits per heavy atom. The third kappa shape index (κ3) is 12.7. The van der Waals surface area contributed by atoms with Crippen molar-refractivity contribution < 1.29 is 63.1 Å². The number of aliphatic hydroxyl groups is 4. The smallest absolute Gasteiger partial charge is 0.308 e. The first-order chi connectivity index (χ1) is 27.3. The van der Waals surface area contributed by atoms with Crippen LogP contribution in [0.4, 0.5) is 0 Å². The lowest BCUT2D eigenvalue weighted by atomic mass is 9.82. The van der Waals surface area contributed by atoms with E-state index in [1.165, 1.54) is 7.11 Å². The minimum atomic E-state index is -1.44. The molecule has 336 valence electrons. The molecule has 0 amide bonds. The number of cyclic esters (lactones) is 1. The highest BCUT2D eigenvalue weighted by Crippen LogP contribution is 2.37. The third-order valence-electron chi connectivity index (χ3n) is 12.5. The summed E-state index contributed by atoms with van der Waals surface area (Å²) in [7, 11) is 9.24. The largest absolute Gasteiger partial charge is 0.462 e. The molecule has 19 atom stereocenters. The van der Waals surface area contributed by atoms with Gasteiger partial charge in [0.05, 0.1) is 54.7 Å². The Labute approximate surface area is 346 Å². The van der Waals surface area contributed by atoms with E-state index in [4.69, 9.17) is 37.9 Å². The molecule has 3 fully saturated rings. The van der Waals surface area contributed by atoms with E-state index in [1.807, 2.05) is 57.1 Å². The minimum Gasteiger partial charge on any atom is -0.462 e. The summed E-state index contributed by atoms with van der Waals surface area (Å²) in [5.74, 6) is -0.888. The molecule has 0 aromatic heterocycles. The predicted molar refractivity (Wildman–Crippen MR) is 216 cm³/mol. The number of methoxy groups -OCH3 is 1. The number of hydrogen-bond acceptors (Lipinski definition) is 15. The molecule has 4 aliphatic heterocycles. The summed E-state index contributed by atoms with van der Waals surface area (Å²) in [6.45, 7) is 13.1. The average Bonchev–Trinajstić information content (AvgIpc) is 3.13. The quantitative estimate of drug-likeness (QED) is 0.236. The summed E-state index contributed by atoms with van der Waals surface area (Å²) in [5, 5.41) is 45.1. The zero-order valence-electron chi connectivity index (χ0n) is 37.0. The number of esters is 1. The molecule has 0 radical (unpaired) electrons. The zero-order valence-corrected chi connectivity index (χ0v) is 37.0. The van der Waals surface area contributed by atoms with Crippen LogP contribution < -0.4 is 0 Å². The molecule has 4 aliphatic rings. The number of aliphatic hydroxyl groups excluding tert-OH is 3. The van der Waals surface area contributed by atoms with Crippen molar-refractivity contribution in [3.05, 3.63) is 24.3 Å². The molecular formula is C43H76N2O13. The van der Waals surface area contributed by atoms with Crippen LogP contribution in [-0.4, -0.2) is 175 Å². The van der Waals surface area contributed by atoms with Crippen LogP contribution in [0.1, 0.15) is 93.4 Å². The van der Waals surface area contributed by atoms with Crippen molar-refractivity contribution in [2.24, 2.45) is 11.8 Å². The lowest BCUT2D eigenvalue weighted by Crippen LogP contribution is -2.65. The van der Waals surface area contributed by atoms with Crippen LogP contribution in [0, 0.1) is 11.8 Å². The van der Waals surface area contributed by atoms with Gasteiger partial charge in [-0.15, -0.1) is 0 Å². The SMILES string of the molecule is CC[C@H]1C[C@@H](C)[C@@H](OC2CC[C@H](N(C)C)[C@@H](C)O2)/C=C\C=C/C[C@@H](C)OC(=O)C[C@@H](O)[C@H](OC)[C@H]1O[C@@H]1O[C@H](C)[C@@H](O[C@H]2C[C@@](C)(O)[C@@H](O)[C@H](C)O2)[C@H](N(C)C)[C@H]1O. The van der Waals surface area contributed by atoms with E-state index >= 15 is 0 Å². The van der Waals surface area contributed by atoms with Crippen LogP contribution in [0.5, 0.6) is 0 Å². The number of carbonyl (C=O) groups excluding carboxylic acids is 1. The number of nitrogens with zero attached hydrogens (tertiary/aromatic N) is 2. The van der Waals surface area contributed by atoms with Crippen LogP contribution in [0.15, 0.2) is 24.3 Å². The molecule has 3 saturated heterocycles. The second-order valence-electron chi connectivity index (χ2n) is 17.8. The van der Waals surface area contributed by atoms with Gasteiger partial charge in [0.1, 0.15) is 30.5 Å². The average molecular weight is 829 g/mol. The Morgan fingerprint density at radius 1 is 0.845 bits per heavy atom. The van der Waals surface area contributed by atoms with Gasteiger partial charge in [-0.25, -0.2) is 0 Å².